The topological polar surface area (TPSA) is 108 Å². The summed E-state index contributed by atoms with van der Waals surface area (Å²) in [7, 11) is 1.85. The van der Waals surface area contributed by atoms with Crippen molar-refractivity contribution in [1.29, 1.82) is 0 Å². The number of anilines is 1. The molecule has 5 aromatic carbocycles. The van der Waals surface area contributed by atoms with Crippen molar-refractivity contribution in [3.63, 3.8) is 0 Å². The first-order valence-corrected chi connectivity index (χ1v) is 17.6. The van der Waals surface area contributed by atoms with Gasteiger partial charge in [0, 0.05) is 24.2 Å². The molecule has 0 saturated carbocycles. The third-order valence-electron chi connectivity index (χ3n) is 9.73. The van der Waals surface area contributed by atoms with Crippen LogP contribution in [0.1, 0.15) is 56.2 Å². The predicted molar refractivity (Wildman–Crippen MR) is 204 cm³/mol. The first kappa shape index (κ1) is 34.4. The van der Waals surface area contributed by atoms with Crippen LogP contribution < -0.4 is 4.90 Å². The molecule has 0 amide bonds. The number of aromatic nitrogens is 4. The lowest BCUT2D eigenvalue weighted by molar-refractivity contribution is -0.132. The summed E-state index contributed by atoms with van der Waals surface area (Å²) in [6, 6.07) is 45.1. The zero-order valence-corrected chi connectivity index (χ0v) is 29.8. The SMILES string of the molecule is CCCC1N(C)C(C(C)(C)O)=C(C(=O)O)N1c1ccc(-c2ccccc2-c2nnnn2-c2ccccc2C(c2ccccc2)c2ccccc2)cc1. The number of hydrogen-bond acceptors (Lipinski definition) is 7. The van der Waals surface area contributed by atoms with E-state index in [-0.39, 0.29) is 17.8 Å². The van der Waals surface area contributed by atoms with Crippen molar-refractivity contribution in [3.8, 4) is 28.2 Å². The second-order valence-corrected chi connectivity index (χ2v) is 13.6. The van der Waals surface area contributed by atoms with E-state index in [1.54, 1.807) is 13.8 Å². The zero-order valence-electron chi connectivity index (χ0n) is 29.8. The number of tetrazole rings is 1. The van der Waals surface area contributed by atoms with Crippen LogP contribution in [0.25, 0.3) is 28.2 Å². The Labute approximate surface area is 304 Å². The molecule has 0 bridgehead atoms. The Morgan fingerprint density at radius 3 is 1.96 bits per heavy atom. The van der Waals surface area contributed by atoms with Crippen LogP contribution in [0.15, 0.2) is 145 Å². The highest BCUT2D eigenvalue weighted by Gasteiger charge is 2.45. The lowest BCUT2D eigenvalue weighted by Gasteiger charge is -2.34. The Morgan fingerprint density at radius 2 is 1.37 bits per heavy atom. The maximum Gasteiger partial charge on any atom is 0.354 e. The summed E-state index contributed by atoms with van der Waals surface area (Å²) in [5, 5.41) is 34.7. The number of carboxylic acids is 1. The van der Waals surface area contributed by atoms with Gasteiger partial charge in [-0.15, -0.1) is 5.10 Å². The van der Waals surface area contributed by atoms with E-state index in [9.17, 15) is 15.0 Å². The molecule has 2 heterocycles. The molecule has 1 atom stereocenters. The minimum atomic E-state index is -1.34. The summed E-state index contributed by atoms with van der Waals surface area (Å²) in [4.78, 5) is 16.5. The molecule has 0 aliphatic carbocycles. The average Bonchev–Trinajstić information content (AvgIpc) is 3.76. The van der Waals surface area contributed by atoms with Crippen LogP contribution in [-0.2, 0) is 4.79 Å². The van der Waals surface area contributed by atoms with Gasteiger partial charge >= 0.3 is 5.97 Å². The number of aliphatic hydroxyl groups is 1. The van der Waals surface area contributed by atoms with Gasteiger partial charge in [-0.3, -0.25) is 0 Å². The number of carbonyl (C=O) groups is 1. The molecule has 262 valence electrons. The number of nitrogens with zero attached hydrogens (tertiary/aromatic N) is 6. The van der Waals surface area contributed by atoms with Crippen LogP contribution in [0, 0.1) is 0 Å². The number of carboxylic acid groups (broad SMARTS) is 1. The van der Waals surface area contributed by atoms with E-state index in [2.05, 4.69) is 89.2 Å². The summed E-state index contributed by atoms with van der Waals surface area (Å²) in [6.45, 7) is 5.33. The van der Waals surface area contributed by atoms with Gasteiger partial charge in [-0.2, -0.15) is 4.68 Å². The van der Waals surface area contributed by atoms with Gasteiger partial charge in [-0.25, -0.2) is 4.79 Å². The Hall–Kier alpha value is -6.06. The highest BCUT2D eigenvalue weighted by molar-refractivity contribution is 5.94. The summed E-state index contributed by atoms with van der Waals surface area (Å²) in [6.07, 6.45) is 1.31. The van der Waals surface area contributed by atoms with E-state index in [1.807, 2.05) is 88.3 Å². The van der Waals surface area contributed by atoms with Gasteiger partial charge in [0.05, 0.1) is 11.4 Å². The Kier molecular flexibility index (Phi) is 9.45. The van der Waals surface area contributed by atoms with Crippen LogP contribution in [0.2, 0.25) is 0 Å². The van der Waals surface area contributed by atoms with Crippen molar-refractivity contribution in [2.45, 2.75) is 51.3 Å². The average molecular weight is 691 g/mol. The van der Waals surface area contributed by atoms with Crippen LogP contribution in [-0.4, -0.2) is 60.1 Å². The Bertz CT molecular complexity index is 2170. The predicted octanol–water partition coefficient (Wildman–Crippen LogP) is 8.12. The fourth-order valence-corrected chi connectivity index (χ4v) is 7.58. The molecule has 7 rings (SSSR count). The van der Waals surface area contributed by atoms with Crippen molar-refractivity contribution in [3.05, 3.63) is 162 Å². The van der Waals surface area contributed by atoms with Gasteiger partial charge < -0.3 is 20.0 Å². The monoisotopic (exact) mass is 690 g/mol. The molecule has 0 radical (unpaired) electrons. The van der Waals surface area contributed by atoms with E-state index >= 15 is 0 Å². The Morgan fingerprint density at radius 1 is 0.788 bits per heavy atom. The number of para-hydroxylation sites is 1. The molecule has 0 spiro atoms. The molecule has 9 nitrogen and oxygen atoms in total. The van der Waals surface area contributed by atoms with E-state index in [4.69, 9.17) is 0 Å². The van der Waals surface area contributed by atoms with E-state index < -0.39 is 11.6 Å². The maximum absolute atomic E-state index is 12.7. The second-order valence-electron chi connectivity index (χ2n) is 13.6. The number of hydrogen-bond donors (Lipinski definition) is 2. The molecule has 0 fully saturated rings. The molecule has 6 aromatic rings. The van der Waals surface area contributed by atoms with Crippen molar-refractivity contribution < 1.29 is 15.0 Å². The third-order valence-corrected chi connectivity index (χ3v) is 9.73. The lowest BCUT2D eigenvalue weighted by atomic mass is 9.84. The maximum atomic E-state index is 12.7. The molecule has 9 heteroatoms. The number of rotatable bonds is 11. The van der Waals surface area contributed by atoms with E-state index in [0.717, 1.165) is 57.6 Å². The highest BCUT2D eigenvalue weighted by atomic mass is 16.4. The molecule has 1 aliphatic heterocycles. The molecule has 0 saturated heterocycles. The van der Waals surface area contributed by atoms with Gasteiger partial charge in [0.25, 0.3) is 0 Å². The fraction of sp³-hybridized carbons (Fsp3) is 0.209. The lowest BCUT2D eigenvalue weighted by Crippen LogP contribution is -2.41. The largest absolute Gasteiger partial charge is 0.477 e. The highest BCUT2D eigenvalue weighted by Crippen LogP contribution is 2.42. The van der Waals surface area contributed by atoms with Crippen molar-refractivity contribution >= 4 is 11.7 Å². The van der Waals surface area contributed by atoms with Crippen LogP contribution in [0.3, 0.4) is 0 Å². The van der Waals surface area contributed by atoms with Crippen molar-refractivity contribution in [1.82, 2.24) is 25.1 Å². The first-order valence-electron chi connectivity index (χ1n) is 17.6. The smallest absolute Gasteiger partial charge is 0.354 e. The van der Waals surface area contributed by atoms with Gasteiger partial charge in [0.2, 0.25) is 0 Å². The molecule has 1 aromatic heterocycles. The van der Waals surface area contributed by atoms with Crippen molar-refractivity contribution in [2.75, 3.05) is 11.9 Å². The molecule has 1 aliphatic rings. The molecule has 1 unspecified atom stereocenters. The molecule has 52 heavy (non-hydrogen) atoms. The molecule has 2 N–H and O–H groups in total. The second kappa shape index (κ2) is 14.3. The quantitative estimate of drug-likeness (QED) is 0.131. The summed E-state index contributed by atoms with van der Waals surface area (Å²) in [5.41, 5.74) is 6.85. The van der Waals surface area contributed by atoms with Crippen LogP contribution in [0.4, 0.5) is 5.69 Å². The van der Waals surface area contributed by atoms with Gasteiger partial charge in [-0.1, -0.05) is 129 Å². The van der Waals surface area contributed by atoms with Crippen molar-refractivity contribution in [2.24, 2.45) is 0 Å². The van der Waals surface area contributed by atoms with Crippen LogP contribution in [0.5, 0.6) is 0 Å². The minimum Gasteiger partial charge on any atom is -0.477 e. The van der Waals surface area contributed by atoms with Gasteiger partial charge in [0.15, 0.2) is 11.5 Å². The number of likely N-dealkylation sites (N-methyl/N-ethyl adjacent to an activating group) is 1. The van der Waals surface area contributed by atoms with E-state index in [0.29, 0.717) is 11.5 Å². The third kappa shape index (κ3) is 6.35. The number of benzene rings is 5. The summed E-state index contributed by atoms with van der Waals surface area (Å²) >= 11 is 0. The Balaban J connectivity index is 1.30. The van der Waals surface area contributed by atoms with E-state index in [1.165, 1.54) is 0 Å². The van der Waals surface area contributed by atoms with Crippen LogP contribution >= 0.6 is 0 Å². The normalized spacial score (nSPS) is 14.8. The zero-order chi connectivity index (χ0) is 36.4. The number of aliphatic carboxylic acids is 1. The molecular weight excluding hydrogens is 649 g/mol. The molecular formula is C43H42N6O3. The fourth-order valence-electron chi connectivity index (χ4n) is 7.58. The summed E-state index contributed by atoms with van der Waals surface area (Å²) < 4.78 is 1.82. The van der Waals surface area contributed by atoms with Gasteiger partial charge in [-0.05, 0) is 76.7 Å². The summed E-state index contributed by atoms with van der Waals surface area (Å²) in [5.74, 6) is -0.533. The van der Waals surface area contributed by atoms with Gasteiger partial charge in [0.1, 0.15) is 11.8 Å². The standard InChI is InChI=1S/C43H42N6O3/c1-5-16-37-47(4)40(43(2,3)52)39(42(50)51)48(37)32-27-25-29(26-28-32)33-21-12-13-22-34(33)41-44-45-46-49(41)36-24-15-14-23-35(36)38(30-17-8-6-9-18-30)31-19-10-7-11-20-31/h6-15,17-28,37-38,52H,5,16H2,1-4H3,(H,50,51). The minimum absolute atomic E-state index is 0.0544. The first-order chi connectivity index (χ1) is 25.2.